The zero-order valence-electron chi connectivity index (χ0n) is 12.5. The highest BCUT2D eigenvalue weighted by atomic mass is 16.2. The Hall–Kier alpha value is -1.90. The number of hydrogen-bond donors (Lipinski definition) is 1. The van der Waals surface area contributed by atoms with Gasteiger partial charge in [0, 0.05) is 31.5 Å². The summed E-state index contributed by atoms with van der Waals surface area (Å²) in [7, 11) is 0. The lowest BCUT2D eigenvalue weighted by atomic mass is 9.92. The average Bonchev–Trinajstić information content (AvgIpc) is 3.13. The van der Waals surface area contributed by atoms with E-state index in [2.05, 4.69) is 5.32 Å². The summed E-state index contributed by atoms with van der Waals surface area (Å²) in [5.74, 6) is -2.31. The number of nitrogens with zero attached hydrogens (tertiary/aromatic N) is 2. The molecular weight excluding hydrogens is 270 g/mol. The van der Waals surface area contributed by atoms with Crippen molar-refractivity contribution in [1.29, 1.82) is 5.26 Å². The van der Waals surface area contributed by atoms with Gasteiger partial charge in [0.05, 0.1) is 6.07 Å². The summed E-state index contributed by atoms with van der Waals surface area (Å²) in [6, 6.07) is 1.65. The number of nitrogens with one attached hydrogen (secondary N) is 1. The fourth-order valence-electron chi connectivity index (χ4n) is 2.61. The summed E-state index contributed by atoms with van der Waals surface area (Å²) in [6.45, 7) is 4.60. The Morgan fingerprint density at radius 2 is 2.10 bits per heavy atom. The maximum atomic E-state index is 12.3. The first-order valence-corrected chi connectivity index (χ1v) is 7.43. The minimum Gasteiger partial charge on any atom is -0.352 e. The Morgan fingerprint density at radius 3 is 2.62 bits per heavy atom. The van der Waals surface area contributed by atoms with Gasteiger partial charge in [-0.05, 0) is 32.6 Å². The van der Waals surface area contributed by atoms with Crippen molar-refractivity contribution in [3.63, 3.8) is 0 Å². The topological polar surface area (TPSA) is 90.3 Å². The van der Waals surface area contributed by atoms with Crippen LogP contribution in [-0.4, -0.2) is 41.6 Å². The van der Waals surface area contributed by atoms with E-state index in [-0.39, 0.29) is 18.4 Å². The molecule has 6 heteroatoms. The Bertz CT molecular complexity index is 491. The third-order valence-electron chi connectivity index (χ3n) is 3.90. The molecule has 0 unspecified atom stereocenters. The van der Waals surface area contributed by atoms with Gasteiger partial charge in [-0.2, -0.15) is 5.26 Å². The molecular formula is C15H21N3O3. The van der Waals surface area contributed by atoms with Crippen molar-refractivity contribution >= 4 is 17.6 Å². The lowest BCUT2D eigenvalue weighted by Gasteiger charge is -2.17. The fraction of sp³-hybridized carbons (Fsp3) is 0.733. The first kappa shape index (κ1) is 15.5. The summed E-state index contributed by atoms with van der Waals surface area (Å²) in [6.07, 6.45) is 2.40. The molecule has 2 atom stereocenters. The van der Waals surface area contributed by atoms with Crippen molar-refractivity contribution in [2.24, 2.45) is 17.8 Å². The second-order valence-corrected chi connectivity index (χ2v) is 6.27. The van der Waals surface area contributed by atoms with Gasteiger partial charge in [-0.3, -0.25) is 14.4 Å². The molecule has 1 aliphatic carbocycles. The van der Waals surface area contributed by atoms with Gasteiger partial charge >= 0.3 is 0 Å². The molecule has 1 heterocycles. The highest BCUT2D eigenvalue weighted by Crippen LogP contribution is 2.32. The molecule has 1 aliphatic heterocycles. The van der Waals surface area contributed by atoms with Crippen molar-refractivity contribution in [3.05, 3.63) is 0 Å². The third-order valence-corrected chi connectivity index (χ3v) is 3.90. The number of nitriles is 1. The minimum absolute atomic E-state index is 0.0405. The summed E-state index contributed by atoms with van der Waals surface area (Å²) in [5, 5.41) is 11.7. The van der Waals surface area contributed by atoms with Gasteiger partial charge in [-0.15, -0.1) is 0 Å². The van der Waals surface area contributed by atoms with Crippen LogP contribution in [0.25, 0.3) is 0 Å². The molecule has 0 aromatic heterocycles. The molecule has 2 rings (SSSR count). The molecule has 0 spiro atoms. The molecule has 6 nitrogen and oxygen atoms in total. The lowest BCUT2D eigenvalue weighted by molar-refractivity contribution is -0.134. The van der Waals surface area contributed by atoms with Gasteiger partial charge in [0.25, 0.3) is 0 Å². The van der Waals surface area contributed by atoms with E-state index in [0.717, 1.165) is 12.8 Å². The number of ketones is 1. The van der Waals surface area contributed by atoms with Crippen molar-refractivity contribution in [2.45, 2.75) is 39.2 Å². The van der Waals surface area contributed by atoms with E-state index in [9.17, 15) is 14.4 Å². The maximum Gasteiger partial charge on any atom is 0.245 e. The van der Waals surface area contributed by atoms with E-state index >= 15 is 0 Å². The molecule has 2 fully saturated rings. The van der Waals surface area contributed by atoms with Crippen molar-refractivity contribution < 1.29 is 14.4 Å². The van der Waals surface area contributed by atoms with Gasteiger partial charge in [0.15, 0.2) is 11.7 Å². The van der Waals surface area contributed by atoms with Crippen LogP contribution in [0.2, 0.25) is 0 Å². The molecule has 21 heavy (non-hydrogen) atoms. The monoisotopic (exact) mass is 291 g/mol. The van der Waals surface area contributed by atoms with Crippen LogP contribution in [-0.2, 0) is 14.4 Å². The highest BCUT2D eigenvalue weighted by molar-refractivity contribution is 6.06. The van der Waals surface area contributed by atoms with Crippen LogP contribution in [0.5, 0.6) is 0 Å². The van der Waals surface area contributed by atoms with Crippen molar-refractivity contribution in [3.8, 4) is 6.07 Å². The zero-order valence-corrected chi connectivity index (χ0v) is 12.5. The number of likely N-dealkylation sites (tertiary alicyclic amines) is 1. The van der Waals surface area contributed by atoms with Crippen molar-refractivity contribution in [1.82, 2.24) is 10.2 Å². The fourth-order valence-corrected chi connectivity index (χ4v) is 2.61. The second kappa shape index (κ2) is 6.25. The van der Waals surface area contributed by atoms with Gasteiger partial charge < -0.3 is 10.2 Å². The molecule has 114 valence electrons. The Labute approximate surface area is 124 Å². The summed E-state index contributed by atoms with van der Waals surface area (Å²) in [4.78, 5) is 37.8. The zero-order chi connectivity index (χ0) is 15.6. The molecule has 0 radical (unpaired) electrons. The first-order valence-electron chi connectivity index (χ1n) is 7.43. The average molecular weight is 291 g/mol. The van der Waals surface area contributed by atoms with Gasteiger partial charge in [0.2, 0.25) is 11.8 Å². The normalized spacial score (nSPS) is 23.0. The van der Waals surface area contributed by atoms with Crippen LogP contribution in [0.4, 0.5) is 0 Å². The van der Waals surface area contributed by atoms with Crippen LogP contribution in [0.3, 0.4) is 0 Å². The minimum atomic E-state index is -1.31. The standard InChI is InChI=1S/C15H21N3O3/c1-9(2)17-15(21)12(6-16)14(20)11-5-13(19)18(8-11)7-10-3-4-10/h9-12H,3-5,7-8H2,1-2H3,(H,17,21)/t11-,12+/m0/s1. The van der Waals surface area contributed by atoms with Crippen LogP contribution < -0.4 is 5.32 Å². The van der Waals surface area contributed by atoms with E-state index < -0.39 is 23.5 Å². The number of carbonyl (C=O) groups excluding carboxylic acids is 3. The molecule has 0 aromatic carbocycles. The molecule has 1 saturated carbocycles. The van der Waals surface area contributed by atoms with Gasteiger partial charge in [-0.25, -0.2) is 0 Å². The summed E-state index contributed by atoms with van der Waals surface area (Å²) >= 11 is 0. The Morgan fingerprint density at radius 1 is 1.43 bits per heavy atom. The predicted octanol–water partition coefficient (Wildman–Crippen LogP) is 0.478. The van der Waals surface area contributed by atoms with Crippen LogP contribution >= 0.6 is 0 Å². The lowest BCUT2D eigenvalue weighted by Crippen LogP contribution is -2.41. The van der Waals surface area contributed by atoms with E-state index in [1.807, 2.05) is 0 Å². The number of carbonyl (C=O) groups is 3. The maximum absolute atomic E-state index is 12.3. The number of Topliss-reactive ketones (excluding diaryl/α,β-unsaturated/α-hetero) is 1. The van der Waals surface area contributed by atoms with Gasteiger partial charge in [0.1, 0.15) is 0 Å². The molecule has 2 aliphatic rings. The molecule has 1 saturated heterocycles. The SMILES string of the molecule is CC(C)NC(=O)[C@H](C#N)C(=O)[C@H]1CC(=O)N(CC2CC2)C1. The molecule has 0 aromatic rings. The predicted molar refractivity (Wildman–Crippen MR) is 74.8 cm³/mol. The number of rotatable bonds is 6. The van der Waals surface area contributed by atoms with E-state index in [4.69, 9.17) is 5.26 Å². The number of hydrogen-bond acceptors (Lipinski definition) is 4. The molecule has 0 bridgehead atoms. The van der Waals surface area contributed by atoms with Crippen LogP contribution in [0.15, 0.2) is 0 Å². The van der Waals surface area contributed by atoms with Gasteiger partial charge in [-0.1, -0.05) is 0 Å². The van der Waals surface area contributed by atoms with Crippen molar-refractivity contribution in [2.75, 3.05) is 13.1 Å². The number of amides is 2. The summed E-state index contributed by atoms with van der Waals surface area (Å²) in [5.41, 5.74) is 0. The highest BCUT2D eigenvalue weighted by Gasteiger charge is 2.41. The smallest absolute Gasteiger partial charge is 0.245 e. The molecule has 2 amide bonds. The Kier molecular flexibility index (Phi) is 4.61. The third kappa shape index (κ3) is 3.81. The molecule has 1 N–H and O–H groups in total. The second-order valence-electron chi connectivity index (χ2n) is 6.27. The first-order chi connectivity index (χ1) is 9.92. The van der Waals surface area contributed by atoms with Crippen LogP contribution in [0, 0.1) is 29.1 Å². The largest absolute Gasteiger partial charge is 0.352 e. The quantitative estimate of drug-likeness (QED) is 0.721. The van der Waals surface area contributed by atoms with E-state index in [1.165, 1.54) is 0 Å². The summed E-state index contributed by atoms with van der Waals surface area (Å²) < 4.78 is 0. The van der Waals surface area contributed by atoms with E-state index in [1.54, 1.807) is 24.8 Å². The van der Waals surface area contributed by atoms with Crippen LogP contribution in [0.1, 0.15) is 33.1 Å². The van der Waals surface area contributed by atoms with E-state index in [0.29, 0.717) is 19.0 Å². The Balaban J connectivity index is 1.96.